The quantitative estimate of drug-likeness (QED) is 0.623. The summed E-state index contributed by atoms with van der Waals surface area (Å²) in [4.78, 5) is 12.1. The predicted octanol–water partition coefficient (Wildman–Crippen LogP) is 3.51. The average molecular weight is 260 g/mol. The fourth-order valence-corrected chi connectivity index (χ4v) is 1.80. The van der Waals surface area contributed by atoms with Crippen LogP contribution in [0.5, 0.6) is 11.5 Å². The highest BCUT2D eigenvalue weighted by Gasteiger charge is 2.17. The van der Waals surface area contributed by atoms with Crippen LogP contribution < -0.4 is 9.47 Å². The highest BCUT2D eigenvalue weighted by Crippen LogP contribution is 2.27. The molecule has 0 unspecified atom stereocenters. The van der Waals surface area contributed by atoms with E-state index in [0.29, 0.717) is 35.2 Å². The lowest BCUT2D eigenvalue weighted by molar-refractivity contribution is 0.0726. The van der Waals surface area contributed by atoms with Gasteiger partial charge in [-0.25, -0.2) is 4.79 Å². The minimum Gasteiger partial charge on any atom is -0.490 e. The van der Waals surface area contributed by atoms with Crippen molar-refractivity contribution in [3.05, 3.63) is 47.4 Å². The summed E-state index contributed by atoms with van der Waals surface area (Å²) in [5, 5.41) is 0. The minimum atomic E-state index is -0.443. The molecule has 0 atom stereocenters. The van der Waals surface area contributed by atoms with Crippen molar-refractivity contribution in [2.75, 3.05) is 6.61 Å². The largest absolute Gasteiger partial charge is 0.490 e. The van der Waals surface area contributed by atoms with Gasteiger partial charge in [-0.3, -0.25) is 0 Å². The van der Waals surface area contributed by atoms with Crippen molar-refractivity contribution >= 4 is 5.97 Å². The molecule has 0 saturated heterocycles. The van der Waals surface area contributed by atoms with Gasteiger partial charge in [-0.15, -0.1) is 0 Å². The molecule has 4 heteroatoms. The summed E-state index contributed by atoms with van der Waals surface area (Å²) in [5.74, 6) is 1.75. The van der Waals surface area contributed by atoms with Crippen LogP contribution in [0.1, 0.15) is 28.8 Å². The number of carbonyl (C=O) groups excluding carboxylic acids is 1. The molecule has 0 amide bonds. The molecule has 0 aliphatic carbocycles. The molecular weight excluding hydrogens is 244 g/mol. The lowest BCUT2D eigenvalue weighted by atomic mass is 10.2. The van der Waals surface area contributed by atoms with Gasteiger partial charge in [0.15, 0.2) is 11.5 Å². The third-order valence-corrected chi connectivity index (χ3v) is 2.61. The Morgan fingerprint density at radius 1 is 1.21 bits per heavy atom. The van der Waals surface area contributed by atoms with Crippen LogP contribution >= 0.6 is 0 Å². The molecule has 0 spiro atoms. The maximum atomic E-state index is 12.1. The summed E-state index contributed by atoms with van der Waals surface area (Å²) in [6.45, 7) is 5.91. The van der Waals surface area contributed by atoms with Crippen molar-refractivity contribution < 1.29 is 18.7 Å². The van der Waals surface area contributed by atoms with E-state index >= 15 is 0 Å². The van der Waals surface area contributed by atoms with Crippen LogP contribution in [0, 0.1) is 13.8 Å². The van der Waals surface area contributed by atoms with Crippen LogP contribution in [0.15, 0.2) is 34.7 Å². The lowest BCUT2D eigenvalue weighted by Gasteiger charge is -2.09. The van der Waals surface area contributed by atoms with Gasteiger partial charge >= 0.3 is 5.97 Å². The Kier molecular flexibility index (Phi) is 3.90. The van der Waals surface area contributed by atoms with E-state index in [-0.39, 0.29) is 0 Å². The molecular formula is C15H16O4. The summed E-state index contributed by atoms with van der Waals surface area (Å²) in [6.07, 6.45) is 0. The first-order valence-corrected chi connectivity index (χ1v) is 6.13. The minimum absolute atomic E-state index is 0.410. The number of para-hydroxylation sites is 2. The topological polar surface area (TPSA) is 48.7 Å². The number of hydrogen-bond acceptors (Lipinski definition) is 4. The van der Waals surface area contributed by atoms with Gasteiger partial charge in [0.2, 0.25) is 0 Å². The van der Waals surface area contributed by atoms with Crippen LogP contribution in [-0.4, -0.2) is 12.6 Å². The molecule has 1 aromatic heterocycles. The number of hydrogen-bond donors (Lipinski definition) is 0. The van der Waals surface area contributed by atoms with Crippen LogP contribution in [0.25, 0.3) is 0 Å². The van der Waals surface area contributed by atoms with Gasteiger partial charge in [0.25, 0.3) is 0 Å². The van der Waals surface area contributed by atoms with Gasteiger partial charge in [-0.2, -0.15) is 0 Å². The Labute approximate surface area is 111 Å². The van der Waals surface area contributed by atoms with Crippen molar-refractivity contribution in [1.29, 1.82) is 0 Å². The molecule has 4 nitrogen and oxygen atoms in total. The van der Waals surface area contributed by atoms with Gasteiger partial charge in [0, 0.05) is 0 Å². The van der Waals surface area contributed by atoms with Gasteiger partial charge in [-0.05, 0) is 39.0 Å². The Bertz CT molecular complexity index is 584. The summed E-state index contributed by atoms with van der Waals surface area (Å²) in [5.41, 5.74) is 0.434. The normalized spacial score (nSPS) is 10.3. The Balaban J connectivity index is 2.21. The Hall–Kier alpha value is -2.23. The SMILES string of the molecule is CCOc1ccccc1OC(=O)c1cc(C)oc1C. The molecule has 2 aromatic rings. The number of benzene rings is 1. The summed E-state index contributed by atoms with van der Waals surface area (Å²) in [7, 11) is 0. The highest BCUT2D eigenvalue weighted by atomic mass is 16.6. The molecule has 0 radical (unpaired) electrons. The predicted molar refractivity (Wildman–Crippen MR) is 70.8 cm³/mol. The van der Waals surface area contributed by atoms with E-state index in [1.54, 1.807) is 38.1 Å². The maximum absolute atomic E-state index is 12.1. The lowest BCUT2D eigenvalue weighted by Crippen LogP contribution is -2.09. The third-order valence-electron chi connectivity index (χ3n) is 2.61. The molecule has 2 rings (SSSR count). The number of aryl methyl sites for hydroxylation is 2. The zero-order valence-electron chi connectivity index (χ0n) is 11.2. The average Bonchev–Trinajstić information content (AvgIpc) is 2.71. The molecule has 0 N–H and O–H groups in total. The molecule has 100 valence electrons. The number of rotatable bonds is 4. The number of carbonyl (C=O) groups is 1. The molecule has 0 fully saturated rings. The van der Waals surface area contributed by atoms with Crippen molar-refractivity contribution in [3.8, 4) is 11.5 Å². The van der Waals surface area contributed by atoms with E-state index in [1.165, 1.54) is 0 Å². The monoisotopic (exact) mass is 260 g/mol. The Morgan fingerprint density at radius 3 is 2.47 bits per heavy atom. The van der Waals surface area contributed by atoms with E-state index in [2.05, 4.69) is 0 Å². The van der Waals surface area contributed by atoms with Crippen LogP contribution in [-0.2, 0) is 0 Å². The van der Waals surface area contributed by atoms with Crippen molar-refractivity contribution in [3.63, 3.8) is 0 Å². The second kappa shape index (κ2) is 5.61. The molecule has 0 bridgehead atoms. The number of esters is 1. The third kappa shape index (κ3) is 2.96. The maximum Gasteiger partial charge on any atom is 0.347 e. The van der Waals surface area contributed by atoms with Gasteiger partial charge < -0.3 is 13.9 Å². The summed E-state index contributed by atoms with van der Waals surface area (Å²) >= 11 is 0. The van der Waals surface area contributed by atoms with E-state index in [1.807, 2.05) is 13.0 Å². The Morgan fingerprint density at radius 2 is 1.89 bits per heavy atom. The van der Waals surface area contributed by atoms with E-state index in [0.717, 1.165) is 0 Å². The zero-order chi connectivity index (χ0) is 13.8. The highest BCUT2D eigenvalue weighted by molar-refractivity contribution is 5.92. The van der Waals surface area contributed by atoms with Crippen LogP contribution in [0.4, 0.5) is 0 Å². The van der Waals surface area contributed by atoms with Gasteiger partial charge in [0.1, 0.15) is 17.1 Å². The zero-order valence-corrected chi connectivity index (χ0v) is 11.2. The van der Waals surface area contributed by atoms with Crippen LogP contribution in [0.3, 0.4) is 0 Å². The molecule has 0 aliphatic heterocycles. The standard InChI is InChI=1S/C15H16O4/c1-4-17-13-7-5-6-8-14(13)19-15(16)12-9-10(2)18-11(12)3/h5-9H,4H2,1-3H3. The second-order valence-corrected chi connectivity index (χ2v) is 4.10. The summed E-state index contributed by atoms with van der Waals surface area (Å²) in [6, 6.07) is 8.75. The van der Waals surface area contributed by atoms with E-state index in [9.17, 15) is 4.79 Å². The first-order valence-electron chi connectivity index (χ1n) is 6.13. The number of ether oxygens (including phenoxy) is 2. The molecule has 1 heterocycles. The van der Waals surface area contributed by atoms with Crippen molar-refractivity contribution in [2.24, 2.45) is 0 Å². The van der Waals surface area contributed by atoms with E-state index in [4.69, 9.17) is 13.9 Å². The van der Waals surface area contributed by atoms with Gasteiger partial charge in [-0.1, -0.05) is 12.1 Å². The fraction of sp³-hybridized carbons (Fsp3) is 0.267. The molecule has 19 heavy (non-hydrogen) atoms. The van der Waals surface area contributed by atoms with Gasteiger partial charge in [0.05, 0.1) is 6.61 Å². The first kappa shape index (κ1) is 13.2. The fourth-order valence-electron chi connectivity index (χ4n) is 1.80. The molecule has 1 aromatic carbocycles. The smallest absolute Gasteiger partial charge is 0.347 e. The first-order chi connectivity index (χ1) is 9.11. The van der Waals surface area contributed by atoms with E-state index < -0.39 is 5.97 Å². The molecule has 0 saturated carbocycles. The number of furan rings is 1. The van der Waals surface area contributed by atoms with Crippen molar-refractivity contribution in [2.45, 2.75) is 20.8 Å². The summed E-state index contributed by atoms with van der Waals surface area (Å²) < 4.78 is 16.1. The van der Waals surface area contributed by atoms with Crippen LogP contribution in [0.2, 0.25) is 0 Å². The molecule has 0 aliphatic rings. The van der Waals surface area contributed by atoms with Crippen molar-refractivity contribution in [1.82, 2.24) is 0 Å². The second-order valence-electron chi connectivity index (χ2n) is 4.10.